The van der Waals surface area contributed by atoms with Crippen LogP contribution >= 0.6 is 11.3 Å². The summed E-state index contributed by atoms with van der Waals surface area (Å²) in [7, 11) is 1.79. The van der Waals surface area contributed by atoms with Gasteiger partial charge in [0.05, 0.1) is 17.6 Å². The maximum absolute atomic E-state index is 4.58. The lowest BCUT2D eigenvalue weighted by Gasteiger charge is -2.11. The molecule has 5 nitrogen and oxygen atoms in total. The van der Waals surface area contributed by atoms with Gasteiger partial charge < -0.3 is 15.6 Å². The molecular formula is C17H21N5S. The molecule has 0 unspecified atom stereocenters. The van der Waals surface area contributed by atoms with Crippen molar-refractivity contribution in [2.24, 2.45) is 4.99 Å². The molecule has 0 bridgehead atoms. The van der Waals surface area contributed by atoms with Gasteiger partial charge in [0.15, 0.2) is 5.96 Å². The fourth-order valence-corrected chi connectivity index (χ4v) is 3.24. The number of nitrogens with zero attached hydrogens (tertiary/aromatic N) is 2. The number of benzene rings is 1. The van der Waals surface area contributed by atoms with E-state index in [0.717, 1.165) is 42.3 Å². The highest BCUT2D eigenvalue weighted by molar-refractivity contribution is 7.10. The summed E-state index contributed by atoms with van der Waals surface area (Å²) >= 11 is 1.76. The highest BCUT2D eigenvalue weighted by atomic mass is 32.1. The van der Waals surface area contributed by atoms with Gasteiger partial charge in [-0.05, 0) is 36.1 Å². The summed E-state index contributed by atoms with van der Waals surface area (Å²) in [5.74, 6) is 1.80. The highest BCUT2D eigenvalue weighted by Gasteiger charge is 2.04. The zero-order valence-corrected chi connectivity index (χ0v) is 14.2. The molecule has 1 aromatic carbocycles. The summed E-state index contributed by atoms with van der Waals surface area (Å²) in [4.78, 5) is 13.5. The van der Waals surface area contributed by atoms with Gasteiger partial charge in [-0.3, -0.25) is 4.99 Å². The Morgan fingerprint density at radius 1 is 1.26 bits per heavy atom. The minimum atomic E-state index is 0.781. The first kappa shape index (κ1) is 15.6. The fourth-order valence-electron chi connectivity index (χ4n) is 2.39. The number of thiophene rings is 1. The maximum Gasteiger partial charge on any atom is 0.191 e. The van der Waals surface area contributed by atoms with Crippen LogP contribution in [-0.2, 0) is 13.0 Å². The molecule has 0 aliphatic carbocycles. The number of nitrogens with one attached hydrogen (secondary N) is 3. The summed E-state index contributed by atoms with van der Waals surface area (Å²) in [5.41, 5.74) is 3.41. The summed E-state index contributed by atoms with van der Waals surface area (Å²) < 4.78 is 0. The molecule has 3 rings (SSSR count). The average Bonchev–Trinajstić information content (AvgIpc) is 3.16. The van der Waals surface area contributed by atoms with Gasteiger partial charge in [0.1, 0.15) is 5.82 Å². The normalized spacial score (nSPS) is 11.8. The molecule has 23 heavy (non-hydrogen) atoms. The van der Waals surface area contributed by atoms with Gasteiger partial charge in [-0.25, -0.2) is 4.98 Å². The minimum Gasteiger partial charge on any atom is -0.356 e. The van der Waals surface area contributed by atoms with E-state index in [4.69, 9.17) is 0 Å². The van der Waals surface area contributed by atoms with Crippen molar-refractivity contribution in [3.05, 3.63) is 52.0 Å². The lowest BCUT2D eigenvalue weighted by molar-refractivity contribution is 0.779. The molecule has 0 aliphatic heterocycles. The molecule has 6 heteroatoms. The van der Waals surface area contributed by atoms with Crippen LogP contribution in [0.25, 0.3) is 11.0 Å². The standard InChI is InChI=1S/C17H21N5S/c1-12-8-10-23-15(12)11-20-17(18-2)19-9-7-16-21-13-5-3-4-6-14(13)22-16/h3-6,8,10H,7,9,11H2,1-2H3,(H,21,22)(H2,18,19,20). The third kappa shape index (κ3) is 3.90. The monoisotopic (exact) mass is 327 g/mol. The minimum absolute atomic E-state index is 0.781. The molecule has 2 heterocycles. The molecule has 0 radical (unpaired) electrons. The van der Waals surface area contributed by atoms with Crippen molar-refractivity contribution in [2.45, 2.75) is 19.9 Å². The summed E-state index contributed by atoms with van der Waals surface area (Å²) in [6.45, 7) is 3.71. The van der Waals surface area contributed by atoms with Crippen LogP contribution in [-0.4, -0.2) is 29.5 Å². The quantitative estimate of drug-likeness (QED) is 0.499. The van der Waals surface area contributed by atoms with Crippen molar-refractivity contribution in [3.8, 4) is 0 Å². The Balaban J connectivity index is 1.49. The van der Waals surface area contributed by atoms with Crippen LogP contribution in [0.5, 0.6) is 0 Å². The van der Waals surface area contributed by atoms with Gasteiger partial charge in [0.25, 0.3) is 0 Å². The van der Waals surface area contributed by atoms with Crippen LogP contribution in [0.15, 0.2) is 40.7 Å². The number of imidazole rings is 1. The van der Waals surface area contributed by atoms with Crippen LogP contribution in [0.1, 0.15) is 16.3 Å². The number of H-pyrrole nitrogens is 1. The molecule has 120 valence electrons. The van der Waals surface area contributed by atoms with Gasteiger partial charge in [-0.15, -0.1) is 11.3 Å². The second-order valence-electron chi connectivity index (χ2n) is 5.33. The molecule has 3 aromatic rings. The van der Waals surface area contributed by atoms with Gasteiger partial charge in [-0.2, -0.15) is 0 Å². The van der Waals surface area contributed by atoms with Crippen LogP contribution in [0.2, 0.25) is 0 Å². The number of aromatic nitrogens is 2. The number of fused-ring (bicyclic) bond motifs is 1. The zero-order chi connectivity index (χ0) is 16.1. The number of guanidine groups is 1. The summed E-state index contributed by atoms with van der Waals surface area (Å²) in [6.07, 6.45) is 0.827. The van der Waals surface area contributed by atoms with E-state index in [2.05, 4.69) is 44.0 Å². The predicted molar refractivity (Wildman–Crippen MR) is 97.1 cm³/mol. The van der Waals surface area contributed by atoms with Crippen molar-refractivity contribution >= 4 is 28.3 Å². The van der Waals surface area contributed by atoms with Crippen molar-refractivity contribution < 1.29 is 0 Å². The van der Waals surface area contributed by atoms with Crippen LogP contribution in [0, 0.1) is 6.92 Å². The Bertz CT molecular complexity index is 769. The summed E-state index contributed by atoms with van der Waals surface area (Å²) in [6, 6.07) is 10.2. The Morgan fingerprint density at radius 2 is 2.13 bits per heavy atom. The molecular weight excluding hydrogens is 306 g/mol. The first-order chi connectivity index (χ1) is 11.3. The number of hydrogen-bond donors (Lipinski definition) is 3. The van der Waals surface area contributed by atoms with E-state index in [1.54, 1.807) is 18.4 Å². The number of aromatic amines is 1. The van der Waals surface area contributed by atoms with E-state index in [1.807, 2.05) is 24.3 Å². The molecule has 0 saturated carbocycles. The van der Waals surface area contributed by atoms with Gasteiger partial charge >= 0.3 is 0 Å². The van der Waals surface area contributed by atoms with Gasteiger partial charge in [0, 0.05) is 24.9 Å². The molecule has 0 fully saturated rings. The molecule has 0 spiro atoms. The van der Waals surface area contributed by atoms with E-state index < -0.39 is 0 Å². The lowest BCUT2D eigenvalue weighted by atomic mass is 10.3. The first-order valence-corrected chi connectivity index (χ1v) is 8.55. The molecule has 2 aromatic heterocycles. The number of rotatable bonds is 5. The SMILES string of the molecule is CN=C(NCCc1nc2ccccc2[nH]1)NCc1sccc1C. The third-order valence-electron chi connectivity index (χ3n) is 3.70. The second-order valence-corrected chi connectivity index (χ2v) is 6.33. The van der Waals surface area contributed by atoms with Crippen molar-refractivity contribution in [1.29, 1.82) is 0 Å². The van der Waals surface area contributed by atoms with Crippen molar-refractivity contribution in [1.82, 2.24) is 20.6 Å². The molecule has 0 amide bonds. The highest BCUT2D eigenvalue weighted by Crippen LogP contribution is 2.14. The number of hydrogen-bond acceptors (Lipinski definition) is 3. The van der Waals surface area contributed by atoms with Crippen LogP contribution in [0.3, 0.4) is 0 Å². The van der Waals surface area contributed by atoms with E-state index >= 15 is 0 Å². The largest absolute Gasteiger partial charge is 0.356 e. The maximum atomic E-state index is 4.58. The molecule has 0 saturated heterocycles. The average molecular weight is 327 g/mol. The lowest BCUT2D eigenvalue weighted by Crippen LogP contribution is -2.37. The van der Waals surface area contributed by atoms with E-state index in [0.29, 0.717) is 0 Å². The van der Waals surface area contributed by atoms with Crippen LogP contribution < -0.4 is 10.6 Å². The summed E-state index contributed by atoms with van der Waals surface area (Å²) in [5, 5.41) is 8.79. The number of aryl methyl sites for hydroxylation is 1. The van der Waals surface area contributed by atoms with E-state index in [-0.39, 0.29) is 0 Å². The van der Waals surface area contributed by atoms with E-state index in [9.17, 15) is 0 Å². The zero-order valence-electron chi connectivity index (χ0n) is 13.4. The van der Waals surface area contributed by atoms with Gasteiger partial charge in [0.2, 0.25) is 0 Å². The molecule has 0 atom stereocenters. The second kappa shape index (κ2) is 7.28. The van der Waals surface area contributed by atoms with E-state index in [1.165, 1.54) is 10.4 Å². The Morgan fingerprint density at radius 3 is 2.87 bits per heavy atom. The smallest absolute Gasteiger partial charge is 0.191 e. The first-order valence-electron chi connectivity index (χ1n) is 7.67. The topological polar surface area (TPSA) is 65.1 Å². The Labute approximate surface area is 139 Å². The Kier molecular flexibility index (Phi) is 4.92. The number of aliphatic imine (C=N–C) groups is 1. The van der Waals surface area contributed by atoms with Crippen molar-refractivity contribution in [3.63, 3.8) is 0 Å². The van der Waals surface area contributed by atoms with Crippen molar-refractivity contribution in [2.75, 3.05) is 13.6 Å². The molecule has 3 N–H and O–H groups in total. The predicted octanol–water partition coefficient (Wildman–Crippen LogP) is 2.84. The molecule has 0 aliphatic rings. The Hall–Kier alpha value is -2.34. The third-order valence-corrected chi connectivity index (χ3v) is 4.72. The van der Waals surface area contributed by atoms with Crippen LogP contribution in [0.4, 0.5) is 0 Å². The fraction of sp³-hybridized carbons (Fsp3) is 0.294. The van der Waals surface area contributed by atoms with Gasteiger partial charge in [-0.1, -0.05) is 12.1 Å². The number of para-hydroxylation sites is 2.